The monoisotopic (exact) mass is 367 g/mol. The molecule has 1 amide bonds. The van der Waals surface area contributed by atoms with Crippen LogP contribution in [-0.4, -0.2) is 52.0 Å². The van der Waals surface area contributed by atoms with Gasteiger partial charge in [0.1, 0.15) is 0 Å². The second-order valence-electron chi connectivity index (χ2n) is 7.92. The van der Waals surface area contributed by atoms with Crippen molar-refractivity contribution in [1.29, 1.82) is 0 Å². The molecule has 1 saturated carbocycles. The minimum atomic E-state index is 0. The van der Waals surface area contributed by atoms with Gasteiger partial charge in [0.2, 0.25) is 0 Å². The Morgan fingerprint density at radius 2 is 1.76 bits per heavy atom. The Hall–Kier alpha value is -1.14. The van der Waals surface area contributed by atoms with E-state index in [1.54, 1.807) is 0 Å². The fraction of sp³-hybridized carbons (Fsp3) is 0.833. The van der Waals surface area contributed by atoms with E-state index in [1.807, 2.05) is 15.8 Å². The molecule has 1 aliphatic carbocycles. The number of carbonyl (C=O) groups is 1. The zero-order valence-corrected chi connectivity index (χ0v) is 15.8. The van der Waals surface area contributed by atoms with E-state index in [1.165, 1.54) is 44.9 Å². The van der Waals surface area contributed by atoms with Gasteiger partial charge >= 0.3 is 0 Å². The molecule has 3 aliphatic rings. The van der Waals surface area contributed by atoms with Crippen LogP contribution in [0.1, 0.15) is 74.3 Å². The van der Waals surface area contributed by atoms with Crippen molar-refractivity contribution in [1.82, 2.24) is 25.2 Å². The summed E-state index contributed by atoms with van der Waals surface area (Å²) in [6.07, 6.45) is 13.2. The Labute approximate surface area is 156 Å². The maximum atomic E-state index is 12.8. The minimum absolute atomic E-state index is 0. The summed E-state index contributed by atoms with van der Waals surface area (Å²) in [5.41, 5.74) is 1.05. The number of piperidine rings is 2. The summed E-state index contributed by atoms with van der Waals surface area (Å²) in [5.74, 6) is 0.0702. The van der Waals surface area contributed by atoms with E-state index in [4.69, 9.17) is 0 Å². The van der Waals surface area contributed by atoms with Gasteiger partial charge in [-0.05, 0) is 57.0 Å². The second-order valence-corrected chi connectivity index (χ2v) is 7.92. The highest BCUT2D eigenvalue weighted by Gasteiger charge is 2.37. The third-order valence-electron chi connectivity index (χ3n) is 6.44. The molecule has 1 N–H and O–H groups in total. The fourth-order valence-corrected chi connectivity index (χ4v) is 4.77. The number of rotatable bonds is 2. The largest absolute Gasteiger partial charge is 0.337 e. The third kappa shape index (κ3) is 4.00. The number of carbonyl (C=O) groups excluding carboxylic acids is 1. The molecule has 0 bridgehead atoms. The molecule has 1 aromatic rings. The Morgan fingerprint density at radius 1 is 1.08 bits per heavy atom. The van der Waals surface area contributed by atoms with Crippen LogP contribution in [0.25, 0.3) is 0 Å². The van der Waals surface area contributed by atoms with Gasteiger partial charge in [-0.2, -0.15) is 0 Å². The molecular formula is C18H30ClN5O. The normalized spacial score (nSPS) is 24.1. The summed E-state index contributed by atoms with van der Waals surface area (Å²) in [5, 5.41) is 11.8. The topological polar surface area (TPSA) is 63.1 Å². The standard InChI is InChI=1S/C18H29N5O.ClH/c24-17(16-14-23(21-20-16)15-4-10-19-11-5-15)22-12-8-18(9-13-22)6-2-1-3-7-18;/h14-15,19H,1-13H2;1H. The van der Waals surface area contributed by atoms with Crippen molar-refractivity contribution in [3.63, 3.8) is 0 Å². The summed E-state index contributed by atoms with van der Waals surface area (Å²) >= 11 is 0. The predicted octanol–water partition coefficient (Wildman–Crippen LogP) is 2.81. The first-order chi connectivity index (χ1) is 11.8. The molecule has 3 fully saturated rings. The summed E-state index contributed by atoms with van der Waals surface area (Å²) < 4.78 is 1.90. The van der Waals surface area contributed by atoms with Gasteiger partial charge in [-0.25, -0.2) is 4.68 Å². The van der Waals surface area contributed by atoms with Gasteiger partial charge in [-0.3, -0.25) is 4.79 Å². The maximum Gasteiger partial charge on any atom is 0.276 e. The van der Waals surface area contributed by atoms with Crippen LogP contribution in [0, 0.1) is 5.41 Å². The number of likely N-dealkylation sites (tertiary alicyclic amines) is 1. The van der Waals surface area contributed by atoms with E-state index in [-0.39, 0.29) is 18.3 Å². The molecule has 6 nitrogen and oxygen atoms in total. The zero-order valence-electron chi connectivity index (χ0n) is 15.0. The molecule has 2 saturated heterocycles. The number of nitrogens with zero attached hydrogens (tertiary/aromatic N) is 4. The van der Waals surface area contributed by atoms with E-state index in [0.717, 1.165) is 39.0 Å². The predicted molar refractivity (Wildman–Crippen MR) is 99.1 cm³/mol. The van der Waals surface area contributed by atoms with E-state index in [9.17, 15) is 4.79 Å². The van der Waals surface area contributed by atoms with Gasteiger partial charge in [0, 0.05) is 13.1 Å². The van der Waals surface area contributed by atoms with E-state index >= 15 is 0 Å². The number of nitrogens with one attached hydrogen (secondary N) is 1. The third-order valence-corrected chi connectivity index (χ3v) is 6.44. The summed E-state index contributed by atoms with van der Waals surface area (Å²) in [4.78, 5) is 14.8. The zero-order chi connectivity index (χ0) is 16.4. The molecule has 7 heteroatoms. The Morgan fingerprint density at radius 3 is 2.44 bits per heavy atom. The molecular weight excluding hydrogens is 338 g/mol. The van der Waals surface area contributed by atoms with Crippen molar-refractivity contribution >= 4 is 18.3 Å². The molecule has 1 spiro atoms. The lowest BCUT2D eigenvalue weighted by Gasteiger charge is -2.44. The number of aromatic nitrogens is 3. The first kappa shape index (κ1) is 18.6. The highest BCUT2D eigenvalue weighted by atomic mass is 35.5. The van der Waals surface area contributed by atoms with Crippen LogP contribution in [0.15, 0.2) is 6.20 Å². The Balaban J connectivity index is 0.00000182. The first-order valence-electron chi connectivity index (χ1n) is 9.68. The van der Waals surface area contributed by atoms with Crippen LogP contribution in [0.5, 0.6) is 0 Å². The maximum absolute atomic E-state index is 12.8. The SMILES string of the molecule is Cl.O=C(c1cn(C2CCNCC2)nn1)N1CCC2(CCCCC2)CC1. The van der Waals surface area contributed by atoms with Gasteiger partial charge < -0.3 is 10.2 Å². The number of halogens is 1. The Bertz CT molecular complexity index is 568. The molecule has 0 atom stereocenters. The molecule has 0 unspecified atom stereocenters. The van der Waals surface area contributed by atoms with E-state index < -0.39 is 0 Å². The summed E-state index contributed by atoms with van der Waals surface area (Å²) in [6, 6.07) is 0.382. The molecule has 2 aliphatic heterocycles. The number of hydrogen-bond donors (Lipinski definition) is 1. The quantitative estimate of drug-likeness (QED) is 0.873. The smallest absolute Gasteiger partial charge is 0.276 e. The van der Waals surface area contributed by atoms with Crippen LogP contribution in [0.3, 0.4) is 0 Å². The van der Waals surface area contributed by atoms with Crippen molar-refractivity contribution in [3.8, 4) is 0 Å². The second kappa shape index (κ2) is 8.04. The van der Waals surface area contributed by atoms with Crippen molar-refractivity contribution in [2.24, 2.45) is 5.41 Å². The number of amides is 1. The minimum Gasteiger partial charge on any atom is -0.337 e. The van der Waals surface area contributed by atoms with Crippen LogP contribution >= 0.6 is 12.4 Å². The first-order valence-corrected chi connectivity index (χ1v) is 9.68. The van der Waals surface area contributed by atoms with Crippen molar-refractivity contribution in [2.75, 3.05) is 26.2 Å². The fourth-order valence-electron chi connectivity index (χ4n) is 4.77. The van der Waals surface area contributed by atoms with E-state index in [2.05, 4.69) is 15.6 Å². The summed E-state index contributed by atoms with van der Waals surface area (Å²) in [7, 11) is 0. The molecule has 4 rings (SSSR count). The molecule has 25 heavy (non-hydrogen) atoms. The molecule has 140 valence electrons. The van der Waals surface area contributed by atoms with Crippen molar-refractivity contribution < 1.29 is 4.79 Å². The molecule has 3 heterocycles. The van der Waals surface area contributed by atoms with Crippen molar-refractivity contribution in [3.05, 3.63) is 11.9 Å². The molecule has 0 aromatic carbocycles. The molecule has 1 aromatic heterocycles. The van der Waals surface area contributed by atoms with Crippen LogP contribution in [-0.2, 0) is 0 Å². The lowest BCUT2D eigenvalue weighted by molar-refractivity contribution is 0.0467. The average Bonchev–Trinajstić information content (AvgIpc) is 3.13. The van der Waals surface area contributed by atoms with Crippen molar-refractivity contribution in [2.45, 2.75) is 63.8 Å². The van der Waals surface area contributed by atoms with Crippen LogP contribution in [0.4, 0.5) is 0 Å². The van der Waals surface area contributed by atoms with Gasteiger partial charge in [0.15, 0.2) is 5.69 Å². The highest BCUT2D eigenvalue weighted by Crippen LogP contribution is 2.44. The summed E-state index contributed by atoms with van der Waals surface area (Å²) in [6.45, 7) is 3.81. The van der Waals surface area contributed by atoms with Crippen LogP contribution < -0.4 is 5.32 Å². The molecule has 0 radical (unpaired) electrons. The highest BCUT2D eigenvalue weighted by molar-refractivity contribution is 5.92. The van der Waals surface area contributed by atoms with E-state index in [0.29, 0.717) is 17.2 Å². The van der Waals surface area contributed by atoms with Gasteiger partial charge in [-0.15, -0.1) is 17.5 Å². The lowest BCUT2D eigenvalue weighted by atomic mass is 9.68. The van der Waals surface area contributed by atoms with Crippen LogP contribution in [0.2, 0.25) is 0 Å². The average molecular weight is 368 g/mol. The van der Waals surface area contributed by atoms with Gasteiger partial charge in [0.05, 0.1) is 12.2 Å². The van der Waals surface area contributed by atoms with Gasteiger partial charge in [-0.1, -0.05) is 24.5 Å². The number of hydrogen-bond acceptors (Lipinski definition) is 4. The van der Waals surface area contributed by atoms with Gasteiger partial charge in [0.25, 0.3) is 5.91 Å². The lowest BCUT2D eigenvalue weighted by Crippen LogP contribution is -2.44. The Kier molecular flexibility index (Phi) is 6.00.